The van der Waals surface area contributed by atoms with E-state index >= 15 is 0 Å². The molecule has 18 heavy (non-hydrogen) atoms. The van der Waals surface area contributed by atoms with Crippen LogP contribution in [0.5, 0.6) is 5.75 Å². The Balaban J connectivity index is 2.66. The van der Waals surface area contributed by atoms with Gasteiger partial charge in [0, 0.05) is 0 Å². The lowest BCUT2D eigenvalue weighted by Gasteiger charge is -2.20. The lowest BCUT2D eigenvalue weighted by molar-refractivity contribution is 0.0611. The smallest absolute Gasteiger partial charge is 0.118 e. The highest BCUT2D eigenvalue weighted by molar-refractivity contribution is 5.29. The summed E-state index contributed by atoms with van der Waals surface area (Å²) in [5.41, 5.74) is 1.24. The van der Waals surface area contributed by atoms with E-state index in [0.717, 1.165) is 18.7 Å². The number of methoxy groups -OCH3 is 1. The first-order valence-corrected chi connectivity index (χ1v) is 6.66. The standard InChI is InChI=1S/C15H25NO2/c1-5-10-16-15(11-18-12(2)3)13-6-8-14(17-4)9-7-13/h6-9,12,15-16H,5,10-11H2,1-4H3. The number of rotatable bonds is 8. The van der Waals surface area contributed by atoms with Crippen molar-refractivity contribution in [1.82, 2.24) is 5.32 Å². The molecule has 1 rings (SSSR count). The van der Waals surface area contributed by atoms with E-state index in [0.29, 0.717) is 6.61 Å². The molecule has 3 heteroatoms. The molecule has 3 nitrogen and oxygen atoms in total. The molecule has 1 unspecified atom stereocenters. The van der Waals surface area contributed by atoms with Crippen molar-refractivity contribution in [3.8, 4) is 5.75 Å². The molecule has 0 spiro atoms. The van der Waals surface area contributed by atoms with Crippen molar-refractivity contribution in [2.45, 2.75) is 39.3 Å². The maximum absolute atomic E-state index is 5.72. The molecule has 102 valence electrons. The van der Waals surface area contributed by atoms with Gasteiger partial charge in [-0.1, -0.05) is 19.1 Å². The van der Waals surface area contributed by atoms with Crippen LogP contribution in [0.3, 0.4) is 0 Å². The normalized spacial score (nSPS) is 12.7. The third-order valence-electron chi connectivity index (χ3n) is 2.76. The molecule has 1 atom stereocenters. The Bertz CT molecular complexity index is 322. The summed E-state index contributed by atoms with van der Waals surface area (Å²) < 4.78 is 10.9. The van der Waals surface area contributed by atoms with E-state index in [-0.39, 0.29) is 12.1 Å². The summed E-state index contributed by atoms with van der Waals surface area (Å²) in [6, 6.07) is 8.42. The second-order valence-electron chi connectivity index (χ2n) is 4.66. The molecule has 1 aromatic carbocycles. The topological polar surface area (TPSA) is 30.5 Å². The van der Waals surface area contributed by atoms with Crippen LogP contribution in [-0.2, 0) is 4.74 Å². The summed E-state index contributed by atoms with van der Waals surface area (Å²) in [7, 11) is 1.68. The number of benzene rings is 1. The minimum Gasteiger partial charge on any atom is -0.497 e. The fourth-order valence-electron chi connectivity index (χ4n) is 1.72. The van der Waals surface area contributed by atoms with Gasteiger partial charge in [-0.3, -0.25) is 0 Å². The predicted octanol–water partition coefficient (Wildman–Crippen LogP) is 3.16. The summed E-state index contributed by atoms with van der Waals surface area (Å²) in [4.78, 5) is 0. The van der Waals surface area contributed by atoms with Gasteiger partial charge < -0.3 is 14.8 Å². The van der Waals surface area contributed by atoms with Gasteiger partial charge >= 0.3 is 0 Å². The highest BCUT2D eigenvalue weighted by Crippen LogP contribution is 2.18. The van der Waals surface area contributed by atoms with Gasteiger partial charge in [0.2, 0.25) is 0 Å². The van der Waals surface area contributed by atoms with Crippen LogP contribution >= 0.6 is 0 Å². The Morgan fingerprint density at radius 1 is 1.17 bits per heavy atom. The summed E-state index contributed by atoms with van der Waals surface area (Å²) in [6.07, 6.45) is 1.38. The van der Waals surface area contributed by atoms with Crippen LogP contribution in [0, 0.1) is 0 Å². The highest BCUT2D eigenvalue weighted by Gasteiger charge is 2.11. The van der Waals surface area contributed by atoms with E-state index in [9.17, 15) is 0 Å². The maximum Gasteiger partial charge on any atom is 0.118 e. The molecule has 0 fully saturated rings. The summed E-state index contributed by atoms with van der Waals surface area (Å²) in [6.45, 7) is 7.99. The first-order chi connectivity index (χ1) is 8.67. The van der Waals surface area contributed by atoms with Crippen LogP contribution in [0.25, 0.3) is 0 Å². The largest absolute Gasteiger partial charge is 0.497 e. The van der Waals surface area contributed by atoms with Crippen molar-refractivity contribution in [1.29, 1.82) is 0 Å². The average Bonchev–Trinajstić information content (AvgIpc) is 2.39. The van der Waals surface area contributed by atoms with E-state index in [1.165, 1.54) is 5.56 Å². The Hall–Kier alpha value is -1.06. The monoisotopic (exact) mass is 251 g/mol. The lowest BCUT2D eigenvalue weighted by atomic mass is 10.1. The third-order valence-corrected chi connectivity index (χ3v) is 2.76. The average molecular weight is 251 g/mol. The second kappa shape index (κ2) is 8.11. The molecule has 0 saturated heterocycles. The lowest BCUT2D eigenvalue weighted by Crippen LogP contribution is -2.27. The van der Waals surface area contributed by atoms with Gasteiger partial charge in [-0.05, 0) is 44.5 Å². The molecular formula is C15H25NO2. The number of hydrogen-bond acceptors (Lipinski definition) is 3. The SMILES string of the molecule is CCCNC(COC(C)C)c1ccc(OC)cc1. The molecule has 0 bridgehead atoms. The quantitative estimate of drug-likeness (QED) is 0.770. The Morgan fingerprint density at radius 2 is 1.83 bits per heavy atom. The molecule has 1 N–H and O–H groups in total. The first kappa shape index (κ1) is 15.0. The fourth-order valence-corrected chi connectivity index (χ4v) is 1.72. The number of nitrogens with one attached hydrogen (secondary N) is 1. The summed E-state index contributed by atoms with van der Waals surface area (Å²) >= 11 is 0. The molecule has 0 aliphatic heterocycles. The van der Waals surface area contributed by atoms with E-state index in [2.05, 4.69) is 38.2 Å². The molecule has 1 aromatic rings. The van der Waals surface area contributed by atoms with Crippen molar-refractivity contribution in [3.63, 3.8) is 0 Å². The zero-order valence-electron chi connectivity index (χ0n) is 11.9. The van der Waals surface area contributed by atoms with Crippen molar-refractivity contribution < 1.29 is 9.47 Å². The number of hydrogen-bond donors (Lipinski definition) is 1. The molecule has 0 radical (unpaired) electrons. The predicted molar refractivity (Wildman–Crippen MR) is 75.1 cm³/mol. The molecule has 0 aromatic heterocycles. The van der Waals surface area contributed by atoms with Crippen molar-refractivity contribution >= 4 is 0 Å². The van der Waals surface area contributed by atoms with Crippen LogP contribution in [0.1, 0.15) is 38.8 Å². The molecule has 0 aliphatic rings. The zero-order chi connectivity index (χ0) is 13.4. The van der Waals surface area contributed by atoms with E-state index in [1.807, 2.05) is 12.1 Å². The van der Waals surface area contributed by atoms with Crippen molar-refractivity contribution in [2.24, 2.45) is 0 Å². The second-order valence-corrected chi connectivity index (χ2v) is 4.66. The highest BCUT2D eigenvalue weighted by atomic mass is 16.5. The van der Waals surface area contributed by atoms with E-state index < -0.39 is 0 Å². The summed E-state index contributed by atoms with van der Waals surface area (Å²) in [5, 5.41) is 3.51. The van der Waals surface area contributed by atoms with Crippen LogP contribution < -0.4 is 10.1 Å². The Labute approximate surface area is 110 Å². The molecule has 0 amide bonds. The van der Waals surface area contributed by atoms with Crippen LogP contribution in [0.2, 0.25) is 0 Å². The van der Waals surface area contributed by atoms with Crippen LogP contribution in [0.4, 0.5) is 0 Å². The van der Waals surface area contributed by atoms with Crippen molar-refractivity contribution in [3.05, 3.63) is 29.8 Å². The first-order valence-electron chi connectivity index (χ1n) is 6.66. The van der Waals surface area contributed by atoms with Gasteiger partial charge in [0.25, 0.3) is 0 Å². The van der Waals surface area contributed by atoms with Gasteiger partial charge in [0.05, 0.1) is 25.9 Å². The molecule has 0 aliphatic carbocycles. The minimum atomic E-state index is 0.248. The summed E-state index contributed by atoms with van der Waals surface area (Å²) in [5.74, 6) is 0.887. The maximum atomic E-state index is 5.72. The fraction of sp³-hybridized carbons (Fsp3) is 0.600. The zero-order valence-corrected chi connectivity index (χ0v) is 11.9. The van der Waals surface area contributed by atoms with Gasteiger partial charge in [0.1, 0.15) is 5.75 Å². The third kappa shape index (κ3) is 5.07. The van der Waals surface area contributed by atoms with Crippen molar-refractivity contribution in [2.75, 3.05) is 20.3 Å². The Morgan fingerprint density at radius 3 is 2.33 bits per heavy atom. The van der Waals surface area contributed by atoms with Gasteiger partial charge in [-0.25, -0.2) is 0 Å². The van der Waals surface area contributed by atoms with Gasteiger partial charge in [-0.15, -0.1) is 0 Å². The molecule has 0 saturated carbocycles. The van der Waals surface area contributed by atoms with E-state index in [4.69, 9.17) is 9.47 Å². The van der Waals surface area contributed by atoms with Gasteiger partial charge in [-0.2, -0.15) is 0 Å². The van der Waals surface area contributed by atoms with Gasteiger partial charge in [0.15, 0.2) is 0 Å². The van der Waals surface area contributed by atoms with E-state index in [1.54, 1.807) is 7.11 Å². The Kier molecular flexibility index (Phi) is 6.76. The van der Waals surface area contributed by atoms with Crippen LogP contribution in [-0.4, -0.2) is 26.4 Å². The number of ether oxygens (including phenoxy) is 2. The molecular weight excluding hydrogens is 226 g/mol. The minimum absolute atomic E-state index is 0.248. The molecule has 0 heterocycles. The van der Waals surface area contributed by atoms with Crippen LogP contribution in [0.15, 0.2) is 24.3 Å².